The van der Waals surface area contributed by atoms with Crippen molar-refractivity contribution in [2.45, 2.75) is 25.2 Å². The van der Waals surface area contributed by atoms with Crippen LogP contribution >= 0.6 is 8.25 Å². The van der Waals surface area contributed by atoms with Crippen LogP contribution in [0, 0.1) is 0 Å². The van der Waals surface area contributed by atoms with Crippen LogP contribution in [-0.4, -0.2) is 25.6 Å². The van der Waals surface area contributed by atoms with Crippen LogP contribution in [0.25, 0.3) is 0 Å². The van der Waals surface area contributed by atoms with Gasteiger partial charge in [-0.1, -0.05) is 0 Å². The Morgan fingerprint density at radius 3 is 1.38 bits per heavy atom. The van der Waals surface area contributed by atoms with Crippen LogP contribution in [0.5, 0.6) is 0 Å². The summed E-state index contributed by atoms with van der Waals surface area (Å²) in [6.07, 6.45) is -11.6. The van der Waals surface area contributed by atoms with Gasteiger partial charge in [0.05, 0.1) is 12.8 Å². The summed E-state index contributed by atoms with van der Waals surface area (Å²) in [7, 11) is -2.94. The predicted octanol–water partition coefficient (Wildman–Crippen LogP) is 3.58. The summed E-state index contributed by atoms with van der Waals surface area (Å²) < 4.78 is 87.9. The minimum Gasteiger partial charge on any atom is -0.171 e. The molecular formula is C6H8F6O3P+. The molecule has 0 aliphatic heterocycles. The Hall–Kier alpha value is -0.400. The highest BCUT2D eigenvalue weighted by Gasteiger charge is 2.32. The molecular weight excluding hydrogens is 265 g/mol. The summed E-state index contributed by atoms with van der Waals surface area (Å²) in [5.74, 6) is 0. The molecule has 0 aliphatic rings. The maximum atomic E-state index is 11.5. The number of alkyl halides is 6. The Labute approximate surface area is 87.7 Å². The fourth-order valence-corrected chi connectivity index (χ4v) is 1.06. The van der Waals surface area contributed by atoms with Crippen molar-refractivity contribution >= 4 is 8.25 Å². The maximum Gasteiger partial charge on any atom is 0.697 e. The van der Waals surface area contributed by atoms with Gasteiger partial charge in [-0.15, -0.1) is 9.05 Å². The van der Waals surface area contributed by atoms with Gasteiger partial charge in [0.25, 0.3) is 0 Å². The highest BCUT2D eigenvalue weighted by Crippen LogP contribution is 2.29. The van der Waals surface area contributed by atoms with Crippen molar-refractivity contribution in [3.05, 3.63) is 0 Å². The molecule has 0 saturated carbocycles. The van der Waals surface area contributed by atoms with Crippen molar-refractivity contribution in [3.63, 3.8) is 0 Å². The molecule has 0 N–H and O–H groups in total. The molecule has 0 atom stereocenters. The predicted molar refractivity (Wildman–Crippen MR) is 40.9 cm³/mol. The van der Waals surface area contributed by atoms with Gasteiger partial charge in [0.15, 0.2) is 0 Å². The van der Waals surface area contributed by atoms with Crippen LogP contribution in [0.4, 0.5) is 26.3 Å². The molecule has 0 aromatic carbocycles. The average Bonchev–Trinajstić information content (AvgIpc) is 1.98. The summed E-state index contributed by atoms with van der Waals surface area (Å²) in [5, 5.41) is 0. The van der Waals surface area contributed by atoms with E-state index in [2.05, 4.69) is 9.05 Å². The third-order valence-corrected chi connectivity index (χ3v) is 1.95. The lowest BCUT2D eigenvalue weighted by Gasteiger charge is -2.02. The average molecular weight is 273 g/mol. The normalized spacial score (nSPS) is 12.9. The van der Waals surface area contributed by atoms with E-state index in [4.69, 9.17) is 0 Å². The zero-order valence-corrected chi connectivity index (χ0v) is 8.66. The molecule has 0 amide bonds. The van der Waals surface area contributed by atoms with Crippen molar-refractivity contribution in [1.29, 1.82) is 0 Å². The van der Waals surface area contributed by atoms with Crippen molar-refractivity contribution in [2.75, 3.05) is 13.2 Å². The van der Waals surface area contributed by atoms with Gasteiger partial charge in [0.2, 0.25) is 0 Å². The summed E-state index contributed by atoms with van der Waals surface area (Å²) in [6, 6.07) is 0. The van der Waals surface area contributed by atoms with E-state index >= 15 is 0 Å². The Kier molecular flexibility index (Phi) is 6.20. The lowest BCUT2D eigenvalue weighted by atomic mass is 10.5. The lowest BCUT2D eigenvalue weighted by Crippen LogP contribution is -2.11. The van der Waals surface area contributed by atoms with E-state index in [1.54, 1.807) is 0 Å². The van der Waals surface area contributed by atoms with Crippen molar-refractivity contribution < 1.29 is 40.0 Å². The van der Waals surface area contributed by atoms with Crippen LogP contribution in [0.15, 0.2) is 0 Å². The molecule has 96 valence electrons. The first-order valence-corrected chi connectivity index (χ1v) is 5.06. The first-order chi connectivity index (χ1) is 7.10. The van der Waals surface area contributed by atoms with E-state index in [0.29, 0.717) is 0 Å². The second kappa shape index (κ2) is 6.36. The molecule has 0 spiro atoms. The molecule has 0 aliphatic carbocycles. The van der Waals surface area contributed by atoms with Gasteiger partial charge in [-0.05, 0) is 0 Å². The Morgan fingerprint density at radius 2 is 1.12 bits per heavy atom. The van der Waals surface area contributed by atoms with Gasteiger partial charge in [-0.25, -0.2) is 0 Å². The van der Waals surface area contributed by atoms with Crippen molar-refractivity contribution in [2.24, 2.45) is 0 Å². The molecule has 0 unspecified atom stereocenters. The standard InChI is InChI=1S/C6H8F6O3P/c7-5(8,9)1-3-14-16(13)15-4-2-6(10,11)12/h1-4H2/q+1. The van der Waals surface area contributed by atoms with Gasteiger partial charge in [0, 0.05) is 4.57 Å². The van der Waals surface area contributed by atoms with E-state index < -0.39 is 46.7 Å². The molecule has 0 radical (unpaired) electrons. The molecule has 0 fully saturated rings. The van der Waals surface area contributed by atoms with Gasteiger partial charge >= 0.3 is 20.6 Å². The third kappa shape index (κ3) is 11.7. The number of rotatable bonds is 6. The summed E-state index contributed by atoms with van der Waals surface area (Å²) in [4.78, 5) is 0. The Morgan fingerprint density at radius 1 is 0.812 bits per heavy atom. The van der Waals surface area contributed by atoms with Gasteiger partial charge in [-0.2, -0.15) is 26.3 Å². The van der Waals surface area contributed by atoms with E-state index in [1.807, 2.05) is 0 Å². The number of hydrogen-bond acceptors (Lipinski definition) is 3. The summed E-state index contributed by atoms with van der Waals surface area (Å²) in [5.41, 5.74) is 0. The molecule has 0 rings (SSSR count). The Bertz CT molecular complexity index is 203. The van der Waals surface area contributed by atoms with Crippen LogP contribution in [-0.2, 0) is 13.6 Å². The number of halogens is 6. The maximum absolute atomic E-state index is 11.5. The highest BCUT2D eigenvalue weighted by molar-refractivity contribution is 7.33. The smallest absolute Gasteiger partial charge is 0.171 e. The van der Waals surface area contributed by atoms with Crippen molar-refractivity contribution in [3.8, 4) is 0 Å². The molecule has 0 heterocycles. The lowest BCUT2D eigenvalue weighted by molar-refractivity contribution is -0.141. The van der Waals surface area contributed by atoms with E-state index in [9.17, 15) is 30.9 Å². The summed E-state index contributed by atoms with van der Waals surface area (Å²) >= 11 is 0. The third-order valence-electron chi connectivity index (χ3n) is 1.16. The monoisotopic (exact) mass is 273 g/mol. The first kappa shape index (κ1) is 15.6. The van der Waals surface area contributed by atoms with E-state index in [0.717, 1.165) is 0 Å². The SMILES string of the molecule is O=[P+](OCCC(F)(F)F)OCCC(F)(F)F. The molecule has 0 aromatic rings. The topological polar surface area (TPSA) is 35.5 Å². The minimum atomic E-state index is -4.47. The summed E-state index contributed by atoms with van der Waals surface area (Å²) in [6.45, 7) is -1.82. The minimum absolute atomic E-state index is 0.912. The van der Waals surface area contributed by atoms with Crippen LogP contribution in [0.3, 0.4) is 0 Å². The quantitative estimate of drug-likeness (QED) is 0.548. The zero-order valence-electron chi connectivity index (χ0n) is 7.77. The van der Waals surface area contributed by atoms with Gasteiger partial charge in [-0.3, -0.25) is 0 Å². The van der Waals surface area contributed by atoms with E-state index in [1.165, 1.54) is 0 Å². The van der Waals surface area contributed by atoms with Gasteiger partial charge < -0.3 is 0 Å². The first-order valence-electron chi connectivity index (χ1n) is 3.97. The fraction of sp³-hybridized carbons (Fsp3) is 1.00. The van der Waals surface area contributed by atoms with E-state index in [-0.39, 0.29) is 0 Å². The fourth-order valence-electron chi connectivity index (χ4n) is 0.509. The molecule has 16 heavy (non-hydrogen) atoms. The molecule has 0 aromatic heterocycles. The van der Waals surface area contributed by atoms with Crippen LogP contribution in [0.2, 0.25) is 0 Å². The highest BCUT2D eigenvalue weighted by atomic mass is 31.1. The zero-order chi connectivity index (χ0) is 12.8. The number of hydrogen-bond donors (Lipinski definition) is 0. The molecule has 10 heteroatoms. The molecule has 3 nitrogen and oxygen atoms in total. The second-order valence-electron chi connectivity index (χ2n) is 2.62. The van der Waals surface area contributed by atoms with Crippen molar-refractivity contribution in [1.82, 2.24) is 0 Å². The second-order valence-corrected chi connectivity index (χ2v) is 3.58. The van der Waals surface area contributed by atoms with Crippen LogP contribution in [0.1, 0.15) is 12.8 Å². The molecule has 0 saturated heterocycles. The van der Waals surface area contributed by atoms with Crippen LogP contribution < -0.4 is 0 Å². The Balaban J connectivity index is 3.53. The largest absolute Gasteiger partial charge is 0.697 e. The molecule has 0 bridgehead atoms. The van der Waals surface area contributed by atoms with Gasteiger partial charge in [0.1, 0.15) is 13.2 Å².